The van der Waals surface area contributed by atoms with Crippen LogP contribution in [0.4, 0.5) is 4.79 Å². The quantitative estimate of drug-likeness (QED) is 0.139. The number of thioether (sulfide) groups is 1. The Kier molecular flexibility index (Phi) is 16.2. The minimum Gasteiger partial charge on any atom is -0.446 e. The molecular weight excluding hydrogens is 550 g/mol. The van der Waals surface area contributed by atoms with Gasteiger partial charge in [0.15, 0.2) is 0 Å². The van der Waals surface area contributed by atoms with Crippen molar-refractivity contribution in [3.8, 4) is 0 Å². The van der Waals surface area contributed by atoms with E-state index in [1.165, 1.54) is 17.7 Å². The number of nitrogens with zero attached hydrogens (tertiary/aromatic N) is 1. The Morgan fingerprint density at radius 2 is 1.49 bits per heavy atom. The van der Waals surface area contributed by atoms with E-state index in [2.05, 4.69) is 22.8 Å². The molecule has 3 rings (SSSR count). The van der Waals surface area contributed by atoms with Gasteiger partial charge in [-0.3, -0.25) is 19.3 Å². The summed E-state index contributed by atoms with van der Waals surface area (Å²) in [5.74, 6) is -0.542. The van der Waals surface area contributed by atoms with Crippen LogP contribution in [0.1, 0.15) is 70.6 Å². The fraction of sp³-hybridized carbons (Fsp3) is 0.793. The van der Waals surface area contributed by atoms with Crippen LogP contribution in [-0.4, -0.2) is 105 Å². The van der Waals surface area contributed by atoms with E-state index in [0.29, 0.717) is 58.0 Å². The van der Waals surface area contributed by atoms with Crippen LogP contribution in [0.2, 0.25) is 0 Å². The van der Waals surface area contributed by atoms with Crippen molar-refractivity contribution in [3.05, 3.63) is 12.2 Å². The first kappa shape index (κ1) is 33.4. The van der Waals surface area contributed by atoms with E-state index < -0.39 is 6.09 Å². The van der Waals surface area contributed by atoms with Gasteiger partial charge in [-0.15, -0.1) is 11.8 Å². The summed E-state index contributed by atoms with van der Waals surface area (Å²) < 4.78 is 21.8. The molecule has 0 radical (unpaired) electrons. The fourth-order valence-electron chi connectivity index (χ4n) is 5.02. The lowest BCUT2D eigenvalue weighted by molar-refractivity contribution is -0.138. The molecule has 2 aliphatic carbocycles. The minimum atomic E-state index is -0.397. The number of amides is 4. The zero-order valence-electron chi connectivity index (χ0n) is 24.2. The molecule has 232 valence electrons. The largest absolute Gasteiger partial charge is 0.446 e. The van der Waals surface area contributed by atoms with Gasteiger partial charge in [0.2, 0.25) is 17.7 Å². The van der Waals surface area contributed by atoms with Gasteiger partial charge >= 0.3 is 6.09 Å². The van der Waals surface area contributed by atoms with Crippen molar-refractivity contribution in [2.75, 3.05) is 59.3 Å². The molecule has 0 bridgehead atoms. The molecule has 1 saturated heterocycles. The molecule has 1 aliphatic heterocycles. The molecule has 3 aliphatic rings. The number of hydrogen-bond acceptors (Lipinski definition) is 9. The lowest BCUT2D eigenvalue weighted by Crippen LogP contribution is -2.36. The van der Waals surface area contributed by atoms with E-state index >= 15 is 0 Å². The minimum absolute atomic E-state index is 0.0234. The molecule has 12 heteroatoms. The van der Waals surface area contributed by atoms with Crippen molar-refractivity contribution in [1.29, 1.82) is 0 Å². The molecule has 0 aromatic heterocycles. The van der Waals surface area contributed by atoms with Crippen molar-refractivity contribution in [2.24, 2.45) is 0 Å². The Balaban J connectivity index is 1.07. The number of likely N-dealkylation sites (tertiary alicyclic amines) is 1. The Bertz CT molecular complexity index is 852. The summed E-state index contributed by atoms with van der Waals surface area (Å²) in [6, 6.07) is 0. The van der Waals surface area contributed by atoms with E-state index in [-0.39, 0.29) is 48.5 Å². The molecule has 1 saturated carbocycles. The van der Waals surface area contributed by atoms with Gasteiger partial charge in [0.25, 0.3) is 0 Å². The second kappa shape index (κ2) is 19.9. The second-order valence-corrected chi connectivity index (χ2v) is 12.0. The van der Waals surface area contributed by atoms with Crippen LogP contribution in [0, 0.1) is 0 Å². The first-order chi connectivity index (χ1) is 20.0. The second-order valence-electron chi connectivity index (χ2n) is 10.5. The van der Waals surface area contributed by atoms with Crippen molar-refractivity contribution in [2.45, 2.75) is 87.2 Å². The maximum atomic E-state index is 12.6. The van der Waals surface area contributed by atoms with Gasteiger partial charge in [-0.1, -0.05) is 25.0 Å². The lowest BCUT2D eigenvalue weighted by atomic mass is 10.0. The standard InChI is InChI=1S/C29H47N3O8S/c33-26(12-15-32-27(34)22-25(28(32)35)41-24-10-6-7-11-24)30-13-16-37-18-20-39-21-19-38-17-14-31-29(36)40-23-8-4-2-1-3-5-9-23/h1-2,23-25H,3-22H2,(H,30,33)(H,31,36)/b2-1+. The Morgan fingerprint density at radius 3 is 2.22 bits per heavy atom. The highest BCUT2D eigenvalue weighted by atomic mass is 32.2. The Morgan fingerprint density at radius 1 is 0.829 bits per heavy atom. The van der Waals surface area contributed by atoms with Crippen LogP contribution in [0.25, 0.3) is 0 Å². The maximum Gasteiger partial charge on any atom is 0.407 e. The number of nitrogens with one attached hydrogen (secondary N) is 2. The topological polar surface area (TPSA) is 132 Å². The number of ether oxygens (including phenoxy) is 4. The van der Waals surface area contributed by atoms with Gasteiger partial charge in [-0.25, -0.2) is 4.79 Å². The molecule has 1 heterocycles. The van der Waals surface area contributed by atoms with Gasteiger partial charge in [-0.2, -0.15) is 0 Å². The molecular formula is C29H47N3O8S. The summed E-state index contributed by atoms with van der Waals surface area (Å²) in [5.41, 5.74) is 0. The van der Waals surface area contributed by atoms with E-state index in [4.69, 9.17) is 18.9 Å². The summed E-state index contributed by atoms with van der Waals surface area (Å²) in [5, 5.41) is 5.65. The van der Waals surface area contributed by atoms with E-state index in [0.717, 1.165) is 44.9 Å². The van der Waals surface area contributed by atoms with Gasteiger partial charge in [-0.05, 0) is 44.9 Å². The first-order valence-corrected chi connectivity index (χ1v) is 16.1. The molecule has 0 aromatic rings. The molecule has 2 fully saturated rings. The number of hydrogen-bond donors (Lipinski definition) is 2. The van der Waals surface area contributed by atoms with E-state index in [9.17, 15) is 19.2 Å². The maximum absolute atomic E-state index is 12.6. The summed E-state index contributed by atoms with van der Waals surface area (Å²) >= 11 is 1.64. The first-order valence-electron chi connectivity index (χ1n) is 15.1. The van der Waals surface area contributed by atoms with Crippen LogP contribution >= 0.6 is 11.8 Å². The summed E-state index contributed by atoms with van der Waals surface area (Å²) in [4.78, 5) is 50.1. The van der Waals surface area contributed by atoms with E-state index in [1.54, 1.807) is 11.8 Å². The zero-order chi connectivity index (χ0) is 29.1. The predicted molar refractivity (Wildman–Crippen MR) is 156 cm³/mol. The third-order valence-corrected chi connectivity index (χ3v) is 8.80. The Labute approximate surface area is 247 Å². The number of allylic oxidation sites excluding steroid dienone is 2. The highest BCUT2D eigenvalue weighted by Crippen LogP contribution is 2.36. The molecule has 2 N–H and O–H groups in total. The van der Waals surface area contributed by atoms with Crippen molar-refractivity contribution >= 4 is 35.6 Å². The molecule has 0 spiro atoms. The SMILES string of the molecule is O=C(CCN1C(=O)CC(SC2CCCC2)C1=O)NCCOCCOCCOCCNC(=O)OC1CC/C=C/CCC1. The third kappa shape index (κ3) is 13.6. The van der Waals surface area contributed by atoms with Gasteiger partial charge in [0.1, 0.15) is 6.10 Å². The highest BCUT2D eigenvalue weighted by Gasteiger charge is 2.40. The number of carbonyl (C=O) groups excluding carboxylic acids is 4. The van der Waals surface area contributed by atoms with Gasteiger partial charge in [0.05, 0.1) is 44.9 Å². The number of imide groups is 1. The van der Waals surface area contributed by atoms with E-state index in [1.807, 2.05) is 0 Å². The van der Waals surface area contributed by atoms with Crippen LogP contribution in [-0.2, 0) is 33.3 Å². The zero-order valence-corrected chi connectivity index (χ0v) is 25.0. The van der Waals surface area contributed by atoms with Crippen LogP contribution in [0.5, 0.6) is 0 Å². The van der Waals surface area contributed by atoms with Crippen LogP contribution in [0.15, 0.2) is 12.2 Å². The average Bonchev–Trinajstić information content (AvgIpc) is 3.54. The average molecular weight is 598 g/mol. The van der Waals surface area contributed by atoms with Gasteiger partial charge in [0, 0.05) is 37.7 Å². The number of carbonyl (C=O) groups is 4. The number of alkyl carbamates (subject to hydrolysis) is 1. The monoisotopic (exact) mass is 597 g/mol. The molecule has 41 heavy (non-hydrogen) atoms. The molecule has 4 amide bonds. The predicted octanol–water partition coefficient (Wildman–Crippen LogP) is 2.96. The Hall–Kier alpha value is -2.15. The molecule has 2 unspecified atom stereocenters. The van der Waals surface area contributed by atoms with Crippen molar-refractivity contribution < 1.29 is 38.1 Å². The third-order valence-electron chi connectivity index (χ3n) is 7.24. The highest BCUT2D eigenvalue weighted by molar-refractivity contribution is 8.01. The lowest BCUT2D eigenvalue weighted by Gasteiger charge is -2.18. The normalized spacial score (nSPS) is 22.4. The van der Waals surface area contributed by atoms with Gasteiger partial charge < -0.3 is 29.6 Å². The summed E-state index contributed by atoms with van der Waals surface area (Å²) in [7, 11) is 0. The van der Waals surface area contributed by atoms with Crippen molar-refractivity contribution in [3.63, 3.8) is 0 Å². The molecule has 0 aromatic carbocycles. The molecule has 11 nitrogen and oxygen atoms in total. The fourth-order valence-corrected chi connectivity index (χ4v) is 6.57. The molecule has 2 atom stereocenters. The van der Waals surface area contributed by atoms with Crippen molar-refractivity contribution in [1.82, 2.24) is 15.5 Å². The smallest absolute Gasteiger partial charge is 0.407 e. The summed E-state index contributed by atoms with van der Waals surface area (Å²) in [6.07, 6.45) is 13.6. The number of rotatable bonds is 18. The van der Waals surface area contributed by atoms with Crippen LogP contribution in [0.3, 0.4) is 0 Å². The van der Waals surface area contributed by atoms with Crippen LogP contribution < -0.4 is 10.6 Å². The summed E-state index contributed by atoms with van der Waals surface area (Å²) in [6.45, 7) is 3.17.